The smallest absolute Gasteiger partial charge is 0.322 e. The Balaban J connectivity index is 0.000000111. The number of urea groups is 4. The molecule has 0 unspecified atom stereocenters. The highest BCUT2D eigenvalue weighted by Crippen LogP contribution is 2.43. The summed E-state index contributed by atoms with van der Waals surface area (Å²) < 4.78 is 59.5. The molecule has 8 aliphatic rings. The molecule has 141 heavy (non-hydrogen) atoms. The quantitative estimate of drug-likeness (QED) is 0.0329. The van der Waals surface area contributed by atoms with Crippen LogP contribution in [0.25, 0.3) is 88.9 Å². The first kappa shape index (κ1) is 88.6. The van der Waals surface area contributed by atoms with Crippen LogP contribution < -0.4 is 61.5 Å². The average molecular weight is 1900 g/mol. The highest BCUT2D eigenvalue weighted by Gasteiger charge is 2.58. The van der Waals surface area contributed by atoms with E-state index in [0.717, 1.165) is 33.4 Å². The van der Waals surface area contributed by atoms with Crippen LogP contribution >= 0.6 is 0 Å². The molecule has 4 saturated heterocycles. The van der Waals surface area contributed by atoms with Crippen LogP contribution in [0, 0.1) is 5.82 Å². The van der Waals surface area contributed by atoms with Crippen LogP contribution in [0.15, 0.2) is 256 Å². The Hall–Kier alpha value is -19.0. The summed E-state index contributed by atoms with van der Waals surface area (Å²) in [5.74, 6) is -0.962. The molecule has 0 radical (unpaired) electrons. The summed E-state index contributed by atoms with van der Waals surface area (Å²) >= 11 is 0. The van der Waals surface area contributed by atoms with Crippen molar-refractivity contribution in [3.05, 3.63) is 312 Å². The highest BCUT2D eigenvalue weighted by molar-refractivity contribution is 6.12. The van der Waals surface area contributed by atoms with E-state index in [1.807, 2.05) is 42.5 Å². The van der Waals surface area contributed by atoms with Crippen molar-refractivity contribution in [1.82, 2.24) is 102 Å². The Labute approximate surface area is 794 Å². The van der Waals surface area contributed by atoms with Gasteiger partial charge in [0.1, 0.15) is 80.5 Å². The maximum Gasteiger partial charge on any atom is 0.322 e. The SMILES string of the molecule is COc1ccc2c(c1)C(=O)N(C[C@@]1(c3cc4cnc(-c5ccccc5F)cc4o3)NC(=O)NC1=O)C2.COc1ccc2c(c1)C(=O)N(C[C@@]1(c3cc4cnc(-c5cccnc5)cc4o3)NC(=O)NC1=O)C2.COc1ccc2c(c1)C(=O)N(C[C@@]1(c3cc4cnc(-c5ccncc5)cc4o3)NC(=O)NC1=O)C2.COc1ccc2c(c1)C(=O)N(C[C@@]1(c3cc4cnc(-c5cncnc5)cc4o3)NC(=O)NC1=O)C2. The molecular formula is C100H75FN20O20. The molecule has 24 rings (SSSR count). The van der Waals surface area contributed by atoms with Gasteiger partial charge in [-0.25, -0.2) is 33.5 Å². The monoisotopic (exact) mass is 1890 g/mol. The minimum absolute atomic E-state index is 0.106. The lowest BCUT2D eigenvalue weighted by Gasteiger charge is -2.29. The number of aromatic nitrogens is 8. The van der Waals surface area contributed by atoms with Crippen LogP contribution in [0.1, 0.15) is 86.7 Å². The number of pyridine rings is 6. The number of ether oxygens (including phenoxy) is 4. The first-order valence-electron chi connectivity index (χ1n) is 43.6. The van der Waals surface area contributed by atoms with Gasteiger partial charge in [0, 0.05) is 178 Å². The molecule has 41 heteroatoms. The molecule has 19 heterocycles. The molecule has 0 bridgehead atoms. The largest absolute Gasteiger partial charge is 0.497 e. The zero-order valence-corrected chi connectivity index (χ0v) is 74.6. The van der Waals surface area contributed by atoms with Crippen LogP contribution in [0.5, 0.6) is 23.0 Å². The molecule has 40 nitrogen and oxygen atoms in total. The lowest BCUT2D eigenvalue weighted by molar-refractivity contribution is -0.126. The zero-order chi connectivity index (χ0) is 97.5. The van der Waals surface area contributed by atoms with Crippen LogP contribution in [-0.4, -0.2) is 185 Å². The fraction of sp³-hybridized carbons (Fsp3) is 0.160. The van der Waals surface area contributed by atoms with Crippen molar-refractivity contribution in [3.8, 4) is 68.0 Å². The van der Waals surface area contributed by atoms with Gasteiger partial charge in [0.05, 0.1) is 77.4 Å². The summed E-state index contributed by atoms with van der Waals surface area (Å²) in [4.78, 5) is 194. The number of nitrogens with zero attached hydrogens (tertiary/aromatic N) is 12. The Morgan fingerprint density at radius 1 is 0.312 bits per heavy atom. The van der Waals surface area contributed by atoms with Crippen molar-refractivity contribution < 1.29 is 98.5 Å². The number of carbonyl (C=O) groups is 12. The van der Waals surface area contributed by atoms with Gasteiger partial charge in [0.15, 0.2) is 22.2 Å². The summed E-state index contributed by atoms with van der Waals surface area (Å²) in [6.07, 6.45) is 17.8. The number of nitrogens with one attached hydrogen (secondary N) is 8. The topological polar surface area (TPSA) is 507 Å². The summed E-state index contributed by atoms with van der Waals surface area (Å²) in [5.41, 5.74) is 5.47. The number of hydrogen-bond donors (Lipinski definition) is 8. The van der Waals surface area contributed by atoms with E-state index in [-0.39, 0.29) is 99.0 Å². The van der Waals surface area contributed by atoms with E-state index in [0.29, 0.717) is 123 Å². The third kappa shape index (κ3) is 15.9. The number of benzene rings is 5. The van der Waals surface area contributed by atoms with Crippen LogP contribution in [0.3, 0.4) is 0 Å². The summed E-state index contributed by atoms with van der Waals surface area (Å²) in [6.45, 7) is 0.618. The van der Waals surface area contributed by atoms with Crippen molar-refractivity contribution in [2.24, 2.45) is 0 Å². The van der Waals surface area contributed by atoms with Gasteiger partial charge < -0.3 is 77.5 Å². The number of fused-ring (bicyclic) bond motifs is 8. The van der Waals surface area contributed by atoms with E-state index in [1.165, 1.54) is 66.6 Å². The number of methoxy groups -OCH3 is 4. The van der Waals surface area contributed by atoms with Gasteiger partial charge in [0.2, 0.25) is 0 Å². The molecular weight excluding hydrogens is 1820 g/mol. The number of furan rings is 4. The maximum absolute atomic E-state index is 14.3. The fourth-order valence-corrected chi connectivity index (χ4v) is 18.3. The lowest BCUT2D eigenvalue weighted by Crippen LogP contribution is -2.52. The molecule has 8 aliphatic heterocycles. The van der Waals surface area contributed by atoms with Crippen LogP contribution in [0.2, 0.25) is 0 Å². The van der Waals surface area contributed by atoms with Crippen molar-refractivity contribution in [3.63, 3.8) is 0 Å². The van der Waals surface area contributed by atoms with Gasteiger partial charge in [-0.2, -0.15) is 0 Å². The molecule has 0 saturated carbocycles. The Bertz CT molecular complexity index is 7430. The molecule has 11 aromatic heterocycles. The zero-order valence-electron chi connectivity index (χ0n) is 74.6. The second kappa shape index (κ2) is 35.0. The molecule has 4 atom stereocenters. The summed E-state index contributed by atoms with van der Waals surface area (Å²) in [5, 5.41) is 22.3. The molecule has 0 spiro atoms. The van der Waals surface area contributed by atoms with Crippen molar-refractivity contribution in [2.45, 2.75) is 48.3 Å². The third-order valence-corrected chi connectivity index (χ3v) is 25.5. The number of amides is 16. The Kier molecular flexibility index (Phi) is 22.0. The first-order valence-corrected chi connectivity index (χ1v) is 43.6. The standard InChI is InChI=1S/C26H19FN4O5.2C25H19N5O5.C24H18N6O5/c1-35-16-7-6-14-12-31(23(32)18(14)9-16)13-26(24(33)29-25(34)30-26)22-8-15-11-28-20(10-21(15)36-22)17-4-2-3-5-19(17)27;1-34-17-3-2-15-12-30(22(31)18(15)9-17)13-25(23(32)28-24(33)29-25)21-8-16-11-27-19(10-20(16)35-21)14-4-6-26-7-5-14;1-34-17-5-4-15-12-30(22(31)18(15)8-17)13-25(23(32)28-24(33)29-25)21-7-16-11-27-19(9-20(16)35-21)14-3-2-6-26-10-14;1-34-16-3-2-13-10-30(21(31)17(13)5-16)11-24(22(32)28-23(33)29-24)20-4-14-9-27-18(6-19(14)35-20)15-7-25-12-26-8-15/h2-11H,12-13H2,1H3,(H2,29,30,33,34);2*2-11H,12-13H2,1H3,(H2,28,29,32,33);2-9,12H,10-11H2,1H3,(H2,28,29,32,33)/t26-;2*25-;24-/m0000/s1. The van der Waals surface area contributed by atoms with Gasteiger partial charge in [-0.3, -0.25) is 89.5 Å². The number of carbonyl (C=O) groups excluding carboxylic acids is 12. The van der Waals surface area contributed by atoms with Gasteiger partial charge in [-0.1, -0.05) is 36.4 Å². The van der Waals surface area contributed by atoms with E-state index in [9.17, 15) is 61.9 Å². The minimum Gasteiger partial charge on any atom is -0.497 e. The van der Waals surface area contributed by atoms with E-state index in [2.05, 4.69) is 82.4 Å². The Morgan fingerprint density at radius 3 is 0.936 bits per heavy atom. The molecule has 5 aromatic carbocycles. The van der Waals surface area contributed by atoms with Gasteiger partial charge in [-0.15, -0.1) is 0 Å². The minimum atomic E-state index is -1.66. The normalized spacial score (nSPS) is 19.1. The number of hydrogen-bond acceptors (Lipinski definition) is 28. The fourth-order valence-electron chi connectivity index (χ4n) is 18.3. The molecule has 16 aromatic rings. The highest BCUT2D eigenvalue weighted by atomic mass is 19.1. The number of rotatable bonds is 20. The summed E-state index contributed by atoms with van der Waals surface area (Å²) in [6, 6.07) is 45.3. The molecule has 0 aliphatic carbocycles. The number of imide groups is 4. The van der Waals surface area contributed by atoms with Crippen molar-refractivity contribution >= 4 is 115 Å². The van der Waals surface area contributed by atoms with Crippen molar-refractivity contribution in [1.29, 1.82) is 0 Å². The molecule has 16 amide bonds. The van der Waals surface area contributed by atoms with Gasteiger partial charge in [-0.05, 0) is 131 Å². The van der Waals surface area contributed by atoms with Crippen molar-refractivity contribution in [2.75, 3.05) is 54.6 Å². The number of halogens is 1. The van der Waals surface area contributed by atoms with E-state index < -0.39 is 75.7 Å². The van der Waals surface area contributed by atoms with Crippen LogP contribution in [-0.2, 0) is 67.5 Å². The van der Waals surface area contributed by atoms with E-state index >= 15 is 0 Å². The predicted molar refractivity (Wildman–Crippen MR) is 493 cm³/mol. The first-order chi connectivity index (χ1) is 68.3. The van der Waals surface area contributed by atoms with Crippen LogP contribution in [0.4, 0.5) is 23.6 Å². The third-order valence-electron chi connectivity index (χ3n) is 25.5. The van der Waals surface area contributed by atoms with E-state index in [4.69, 9.17) is 36.6 Å². The lowest BCUT2D eigenvalue weighted by atomic mass is 9.95. The van der Waals surface area contributed by atoms with Gasteiger partial charge in [0.25, 0.3) is 47.3 Å². The van der Waals surface area contributed by atoms with E-state index in [1.54, 1.807) is 177 Å². The maximum atomic E-state index is 14.3. The molecule has 702 valence electrons. The molecule has 4 fully saturated rings. The molecule has 8 N–H and O–H groups in total. The second-order valence-electron chi connectivity index (χ2n) is 33.9. The second-order valence-corrected chi connectivity index (χ2v) is 33.9. The summed E-state index contributed by atoms with van der Waals surface area (Å²) in [7, 11) is 6.10. The predicted octanol–water partition coefficient (Wildman–Crippen LogP) is 10.5. The Morgan fingerprint density at radius 2 is 0.624 bits per heavy atom. The average Bonchev–Trinajstić information content (AvgIpc) is 1.60. The van der Waals surface area contributed by atoms with Gasteiger partial charge >= 0.3 is 24.1 Å².